The molecule has 0 aliphatic heterocycles. The number of nitrogens with zero attached hydrogens (tertiary/aromatic N) is 1. The number of aryl methyl sites for hydroxylation is 1. The van der Waals surface area contributed by atoms with Crippen molar-refractivity contribution in [2.24, 2.45) is 0 Å². The molecular weight excluding hydrogens is 206 g/mol. The highest BCUT2D eigenvalue weighted by Gasteiger charge is 2.05. The standard InChI is InChI=1S/C11H11N3O2/c1-7-4-2-3-5-9(7)14-6-8(12)10(15)13-11(14)16/h2-6H,12H2,1H3,(H,13,15,16). The van der Waals surface area contributed by atoms with Crippen LogP contribution in [0.15, 0.2) is 40.1 Å². The zero-order valence-corrected chi connectivity index (χ0v) is 8.73. The third-order valence-electron chi connectivity index (χ3n) is 2.34. The van der Waals surface area contributed by atoms with Crippen LogP contribution in [0.25, 0.3) is 5.69 Å². The Labute approximate surface area is 91.2 Å². The summed E-state index contributed by atoms with van der Waals surface area (Å²) < 4.78 is 1.33. The van der Waals surface area contributed by atoms with E-state index in [-0.39, 0.29) is 5.69 Å². The topological polar surface area (TPSA) is 80.9 Å². The molecule has 1 aromatic carbocycles. The summed E-state index contributed by atoms with van der Waals surface area (Å²) in [6.45, 7) is 1.88. The van der Waals surface area contributed by atoms with Gasteiger partial charge in [-0.3, -0.25) is 14.3 Å². The number of nitrogens with two attached hydrogens (primary N) is 1. The van der Waals surface area contributed by atoms with E-state index in [1.54, 1.807) is 6.07 Å². The number of aromatic nitrogens is 2. The SMILES string of the molecule is Cc1ccccc1-n1cc(N)c(=O)[nH]c1=O. The predicted octanol–water partition coefficient (Wildman–Crippen LogP) is 0.416. The van der Waals surface area contributed by atoms with Crippen molar-refractivity contribution in [1.29, 1.82) is 0 Å². The lowest BCUT2D eigenvalue weighted by Gasteiger charge is -2.08. The average Bonchev–Trinajstić information content (AvgIpc) is 2.25. The predicted molar refractivity (Wildman–Crippen MR) is 61.8 cm³/mol. The molecule has 1 heterocycles. The molecule has 3 N–H and O–H groups in total. The Morgan fingerprint density at radius 1 is 1.25 bits per heavy atom. The molecule has 0 unspecified atom stereocenters. The van der Waals surface area contributed by atoms with Crippen LogP contribution in [-0.2, 0) is 0 Å². The van der Waals surface area contributed by atoms with Gasteiger partial charge >= 0.3 is 5.69 Å². The number of aromatic amines is 1. The average molecular weight is 217 g/mol. The number of benzene rings is 1. The highest BCUT2D eigenvalue weighted by atomic mass is 16.2. The molecular formula is C11H11N3O2. The molecule has 0 saturated heterocycles. The Morgan fingerprint density at radius 3 is 2.62 bits per heavy atom. The van der Waals surface area contributed by atoms with Gasteiger partial charge in [0.1, 0.15) is 5.69 Å². The number of nitrogen functional groups attached to an aromatic ring is 1. The highest BCUT2D eigenvalue weighted by molar-refractivity contribution is 5.42. The Kier molecular flexibility index (Phi) is 2.36. The fraction of sp³-hybridized carbons (Fsp3) is 0.0909. The Bertz CT molecular complexity index is 640. The van der Waals surface area contributed by atoms with E-state index in [1.807, 2.05) is 25.1 Å². The van der Waals surface area contributed by atoms with Crippen LogP contribution < -0.4 is 17.0 Å². The minimum atomic E-state index is -0.560. The van der Waals surface area contributed by atoms with Gasteiger partial charge in [-0.05, 0) is 18.6 Å². The minimum Gasteiger partial charge on any atom is -0.393 e. The van der Waals surface area contributed by atoms with Crippen LogP contribution in [0.3, 0.4) is 0 Å². The van der Waals surface area contributed by atoms with Crippen molar-refractivity contribution < 1.29 is 0 Å². The van der Waals surface area contributed by atoms with E-state index in [0.29, 0.717) is 5.69 Å². The maximum atomic E-state index is 11.6. The number of nitrogens with one attached hydrogen (secondary N) is 1. The van der Waals surface area contributed by atoms with E-state index in [4.69, 9.17) is 5.73 Å². The molecule has 82 valence electrons. The van der Waals surface area contributed by atoms with E-state index in [2.05, 4.69) is 4.98 Å². The van der Waals surface area contributed by atoms with Gasteiger partial charge in [-0.15, -0.1) is 0 Å². The lowest BCUT2D eigenvalue weighted by Crippen LogP contribution is -2.30. The lowest BCUT2D eigenvalue weighted by atomic mass is 10.2. The monoisotopic (exact) mass is 217 g/mol. The summed E-state index contributed by atoms with van der Waals surface area (Å²) >= 11 is 0. The molecule has 0 saturated carbocycles. The lowest BCUT2D eigenvalue weighted by molar-refractivity contribution is 0.894. The first-order chi connectivity index (χ1) is 7.59. The maximum Gasteiger partial charge on any atom is 0.333 e. The zero-order valence-electron chi connectivity index (χ0n) is 8.73. The maximum absolute atomic E-state index is 11.6. The molecule has 2 aromatic rings. The summed E-state index contributed by atoms with van der Waals surface area (Å²) in [4.78, 5) is 24.9. The van der Waals surface area contributed by atoms with Gasteiger partial charge < -0.3 is 5.73 Å². The van der Waals surface area contributed by atoms with Gasteiger partial charge in [0.15, 0.2) is 0 Å². The van der Waals surface area contributed by atoms with Crippen LogP contribution in [0.5, 0.6) is 0 Å². The highest BCUT2D eigenvalue weighted by Crippen LogP contribution is 2.10. The second-order valence-electron chi connectivity index (χ2n) is 3.50. The molecule has 0 bridgehead atoms. The summed E-state index contributed by atoms with van der Waals surface area (Å²) in [6.07, 6.45) is 1.34. The van der Waals surface area contributed by atoms with E-state index in [0.717, 1.165) is 5.56 Å². The molecule has 0 fully saturated rings. The van der Waals surface area contributed by atoms with Gasteiger partial charge in [0, 0.05) is 6.20 Å². The number of para-hydroxylation sites is 1. The first-order valence-electron chi connectivity index (χ1n) is 4.77. The first-order valence-corrected chi connectivity index (χ1v) is 4.77. The molecule has 5 nitrogen and oxygen atoms in total. The van der Waals surface area contributed by atoms with Crippen LogP contribution in [-0.4, -0.2) is 9.55 Å². The van der Waals surface area contributed by atoms with Crippen molar-refractivity contribution in [2.75, 3.05) is 5.73 Å². The summed E-state index contributed by atoms with van der Waals surface area (Å²) in [5, 5.41) is 0. The van der Waals surface area contributed by atoms with E-state index in [9.17, 15) is 9.59 Å². The Balaban J connectivity index is 2.75. The fourth-order valence-electron chi connectivity index (χ4n) is 1.50. The Morgan fingerprint density at radius 2 is 1.94 bits per heavy atom. The van der Waals surface area contributed by atoms with Crippen LogP contribution >= 0.6 is 0 Å². The third kappa shape index (κ3) is 1.63. The van der Waals surface area contributed by atoms with Gasteiger partial charge in [-0.2, -0.15) is 0 Å². The molecule has 2 rings (SSSR count). The fourth-order valence-corrected chi connectivity index (χ4v) is 1.50. The van der Waals surface area contributed by atoms with E-state index >= 15 is 0 Å². The number of rotatable bonds is 1. The van der Waals surface area contributed by atoms with Crippen molar-refractivity contribution >= 4 is 5.69 Å². The molecule has 0 radical (unpaired) electrons. The Hall–Kier alpha value is -2.30. The number of hydrogen-bond donors (Lipinski definition) is 2. The van der Waals surface area contributed by atoms with E-state index in [1.165, 1.54) is 10.8 Å². The van der Waals surface area contributed by atoms with Gasteiger partial charge in [-0.1, -0.05) is 18.2 Å². The smallest absolute Gasteiger partial charge is 0.333 e. The second-order valence-corrected chi connectivity index (χ2v) is 3.50. The van der Waals surface area contributed by atoms with E-state index < -0.39 is 11.2 Å². The number of anilines is 1. The molecule has 0 aliphatic carbocycles. The van der Waals surface area contributed by atoms with Crippen molar-refractivity contribution in [3.63, 3.8) is 0 Å². The molecule has 1 aromatic heterocycles. The summed E-state index contributed by atoms with van der Waals surface area (Å²) in [5.74, 6) is 0. The zero-order chi connectivity index (χ0) is 11.7. The molecule has 0 spiro atoms. The first kappa shape index (κ1) is 10.2. The van der Waals surface area contributed by atoms with Crippen LogP contribution in [0.4, 0.5) is 5.69 Å². The number of H-pyrrole nitrogens is 1. The van der Waals surface area contributed by atoms with Gasteiger partial charge in [0.2, 0.25) is 0 Å². The van der Waals surface area contributed by atoms with Gasteiger partial charge in [-0.25, -0.2) is 4.79 Å². The second kappa shape index (κ2) is 3.69. The van der Waals surface area contributed by atoms with Crippen LogP contribution in [0, 0.1) is 6.92 Å². The van der Waals surface area contributed by atoms with Gasteiger partial charge in [0.25, 0.3) is 5.56 Å². The summed E-state index contributed by atoms with van der Waals surface area (Å²) in [6, 6.07) is 7.35. The third-order valence-corrected chi connectivity index (χ3v) is 2.34. The summed E-state index contributed by atoms with van der Waals surface area (Å²) in [5.41, 5.74) is 6.07. The van der Waals surface area contributed by atoms with Crippen molar-refractivity contribution in [2.45, 2.75) is 6.92 Å². The van der Waals surface area contributed by atoms with Crippen molar-refractivity contribution in [1.82, 2.24) is 9.55 Å². The quantitative estimate of drug-likeness (QED) is 0.726. The molecule has 0 aliphatic rings. The van der Waals surface area contributed by atoms with Crippen LogP contribution in [0.2, 0.25) is 0 Å². The van der Waals surface area contributed by atoms with Crippen molar-refractivity contribution in [3.05, 3.63) is 56.9 Å². The number of hydrogen-bond acceptors (Lipinski definition) is 3. The largest absolute Gasteiger partial charge is 0.393 e. The molecule has 0 amide bonds. The van der Waals surface area contributed by atoms with Gasteiger partial charge in [0.05, 0.1) is 5.69 Å². The molecule has 16 heavy (non-hydrogen) atoms. The summed E-state index contributed by atoms with van der Waals surface area (Å²) in [7, 11) is 0. The normalized spacial score (nSPS) is 10.3. The minimum absolute atomic E-state index is 0.0165. The van der Waals surface area contributed by atoms with Crippen LogP contribution in [0.1, 0.15) is 5.56 Å². The molecule has 0 atom stereocenters. The van der Waals surface area contributed by atoms with Crippen molar-refractivity contribution in [3.8, 4) is 5.69 Å². The molecule has 5 heteroatoms.